The van der Waals surface area contributed by atoms with Gasteiger partial charge >= 0.3 is 0 Å². The molecule has 0 saturated carbocycles. The maximum Gasteiger partial charge on any atom is 0.283 e. The zero-order chi connectivity index (χ0) is 33.9. The van der Waals surface area contributed by atoms with Gasteiger partial charge in [-0.3, -0.25) is 29.8 Å². The summed E-state index contributed by atoms with van der Waals surface area (Å²) in [5.74, 6) is -1.04. The Bertz CT molecular complexity index is 2030. The van der Waals surface area contributed by atoms with Crippen LogP contribution in [0.3, 0.4) is 0 Å². The summed E-state index contributed by atoms with van der Waals surface area (Å²) in [6.45, 7) is 0. The summed E-state index contributed by atoms with van der Waals surface area (Å²) in [6.07, 6.45) is 2.81. The number of amidine groups is 2. The molecule has 2 aliphatic rings. The Kier molecular flexibility index (Phi) is 8.66. The molecule has 48 heavy (non-hydrogen) atoms. The van der Waals surface area contributed by atoms with Crippen molar-refractivity contribution in [1.29, 1.82) is 0 Å². The second-order valence-electron chi connectivity index (χ2n) is 10.3. The molecule has 0 spiro atoms. The van der Waals surface area contributed by atoms with E-state index in [4.69, 9.17) is 24.4 Å². The standard InChI is InChI=1S/C34H20N6O6S2/c41-31-27(19-21-9-7-15-25(17-21)39(43)44)35-29(23-11-3-1-4-12-23)37(31)33(47)34(48)38-30(24-13-5-2-6-14-24)36-28(32(38)42)20-22-10-8-16-26(18-22)40(45)46/h1-20H/b27-19-,28-20+. The Labute approximate surface area is 283 Å². The Morgan fingerprint density at radius 1 is 0.583 bits per heavy atom. The zero-order valence-corrected chi connectivity index (χ0v) is 26.1. The van der Waals surface area contributed by atoms with E-state index in [0.29, 0.717) is 22.3 Å². The van der Waals surface area contributed by atoms with Gasteiger partial charge in [0.15, 0.2) is 9.98 Å². The molecule has 12 nitrogen and oxygen atoms in total. The molecular formula is C34H20N6O6S2. The van der Waals surface area contributed by atoms with Crippen molar-refractivity contribution in [1.82, 2.24) is 9.80 Å². The molecule has 0 unspecified atom stereocenters. The number of hydrogen-bond donors (Lipinski definition) is 0. The third-order valence-electron chi connectivity index (χ3n) is 7.14. The number of nitro groups is 2. The van der Waals surface area contributed by atoms with Gasteiger partial charge in [0.2, 0.25) is 0 Å². The Morgan fingerprint density at radius 3 is 1.31 bits per heavy atom. The van der Waals surface area contributed by atoms with Crippen LogP contribution in [0.15, 0.2) is 131 Å². The van der Waals surface area contributed by atoms with Gasteiger partial charge in [-0.15, -0.1) is 0 Å². The minimum atomic E-state index is -0.662. The first-order valence-electron chi connectivity index (χ1n) is 14.1. The van der Waals surface area contributed by atoms with Gasteiger partial charge in [-0.2, -0.15) is 0 Å². The highest BCUT2D eigenvalue weighted by Gasteiger charge is 2.41. The number of nitro benzene ring substituents is 2. The highest BCUT2D eigenvalue weighted by Crippen LogP contribution is 2.28. The third-order valence-corrected chi connectivity index (χ3v) is 8.02. The molecule has 4 aromatic rings. The van der Waals surface area contributed by atoms with Gasteiger partial charge < -0.3 is 0 Å². The van der Waals surface area contributed by atoms with Crippen molar-refractivity contribution < 1.29 is 19.4 Å². The van der Waals surface area contributed by atoms with Gasteiger partial charge in [-0.1, -0.05) is 109 Å². The molecule has 0 atom stereocenters. The summed E-state index contributed by atoms with van der Waals surface area (Å²) in [4.78, 5) is 60.4. The normalized spacial score (nSPS) is 15.9. The number of carbonyl (C=O) groups excluding carboxylic acids is 2. The number of non-ortho nitro benzene ring substituents is 2. The van der Waals surface area contributed by atoms with Crippen molar-refractivity contribution in [3.63, 3.8) is 0 Å². The van der Waals surface area contributed by atoms with Crippen LogP contribution >= 0.6 is 24.4 Å². The number of rotatable bonds is 6. The SMILES string of the molecule is O=C1/C(=C/c2cccc([N+](=O)[O-])c2)N=C(c2ccccc2)N1C(=S)C(=S)N1C(=O)/C(=C\c2cccc([N+](=O)[O-])c2)N=C1c1ccccc1. The van der Waals surface area contributed by atoms with Crippen LogP contribution in [0.1, 0.15) is 22.3 Å². The van der Waals surface area contributed by atoms with Crippen LogP contribution in [0.4, 0.5) is 11.4 Å². The third kappa shape index (κ3) is 6.20. The van der Waals surface area contributed by atoms with Crippen LogP contribution in [-0.2, 0) is 9.59 Å². The molecule has 2 heterocycles. The number of benzene rings is 4. The molecule has 0 radical (unpaired) electrons. The molecule has 0 saturated heterocycles. The molecule has 0 aromatic heterocycles. The Morgan fingerprint density at radius 2 is 0.958 bits per heavy atom. The molecule has 2 amide bonds. The maximum atomic E-state index is 14.0. The van der Waals surface area contributed by atoms with E-state index >= 15 is 0 Å². The summed E-state index contributed by atoms with van der Waals surface area (Å²) in [5, 5.41) is 22.7. The van der Waals surface area contributed by atoms with E-state index in [2.05, 4.69) is 9.98 Å². The lowest BCUT2D eigenvalue weighted by Gasteiger charge is -2.25. The maximum absolute atomic E-state index is 14.0. The number of nitrogens with zero attached hydrogens (tertiary/aromatic N) is 6. The van der Waals surface area contributed by atoms with Crippen LogP contribution < -0.4 is 0 Å². The fourth-order valence-corrected chi connectivity index (χ4v) is 5.46. The van der Waals surface area contributed by atoms with Crippen molar-refractivity contribution in [2.45, 2.75) is 0 Å². The zero-order valence-electron chi connectivity index (χ0n) is 24.5. The first kappa shape index (κ1) is 31.6. The first-order valence-corrected chi connectivity index (χ1v) is 14.9. The van der Waals surface area contributed by atoms with Crippen LogP contribution in [0.25, 0.3) is 12.2 Å². The topological polar surface area (TPSA) is 152 Å². The van der Waals surface area contributed by atoms with Gasteiger partial charge in [0.25, 0.3) is 23.2 Å². The van der Waals surface area contributed by atoms with Gasteiger partial charge in [0.05, 0.1) is 9.85 Å². The van der Waals surface area contributed by atoms with E-state index in [1.807, 2.05) is 0 Å². The van der Waals surface area contributed by atoms with Crippen LogP contribution in [0.5, 0.6) is 0 Å². The summed E-state index contributed by atoms with van der Waals surface area (Å²) in [7, 11) is 0. The van der Waals surface area contributed by atoms with E-state index < -0.39 is 21.7 Å². The number of thiocarbonyl (C=S) groups is 2. The summed E-state index contributed by atoms with van der Waals surface area (Å²) in [5.41, 5.74) is 1.33. The lowest BCUT2D eigenvalue weighted by molar-refractivity contribution is -0.385. The lowest BCUT2D eigenvalue weighted by Crippen LogP contribution is -2.49. The molecule has 14 heteroatoms. The van der Waals surface area contributed by atoms with Gasteiger partial charge in [0.1, 0.15) is 23.1 Å². The highest BCUT2D eigenvalue weighted by atomic mass is 32.1. The summed E-state index contributed by atoms with van der Waals surface area (Å²) < 4.78 is 0. The van der Waals surface area contributed by atoms with Gasteiger partial charge in [-0.25, -0.2) is 19.8 Å². The van der Waals surface area contributed by atoms with E-state index in [0.717, 1.165) is 9.80 Å². The smallest absolute Gasteiger partial charge is 0.266 e. The summed E-state index contributed by atoms with van der Waals surface area (Å²) >= 11 is 11.6. The summed E-state index contributed by atoms with van der Waals surface area (Å²) in [6, 6.07) is 28.9. The van der Waals surface area contributed by atoms with Crippen molar-refractivity contribution >= 4 is 81.4 Å². The lowest BCUT2D eigenvalue weighted by atomic mass is 10.1. The monoisotopic (exact) mass is 672 g/mol. The van der Waals surface area contributed by atoms with Crippen molar-refractivity contribution in [2.75, 3.05) is 0 Å². The molecule has 2 aliphatic heterocycles. The van der Waals surface area contributed by atoms with Gasteiger partial charge in [0, 0.05) is 35.4 Å². The fraction of sp³-hybridized carbons (Fsp3) is 0. The Hall–Kier alpha value is -6.38. The second kappa shape index (κ2) is 13.2. The predicted octanol–water partition coefficient (Wildman–Crippen LogP) is 6.12. The molecule has 0 bridgehead atoms. The number of amides is 2. The average Bonchev–Trinajstić information content (AvgIpc) is 3.60. The molecule has 4 aromatic carbocycles. The number of aliphatic imine (C=N–C) groups is 2. The van der Waals surface area contributed by atoms with Crippen LogP contribution in [0, 0.1) is 20.2 Å². The first-order chi connectivity index (χ1) is 23.1. The molecule has 0 fully saturated rings. The van der Waals surface area contributed by atoms with Crippen LogP contribution in [0.2, 0.25) is 0 Å². The van der Waals surface area contributed by atoms with E-state index in [-0.39, 0.29) is 44.4 Å². The van der Waals surface area contributed by atoms with Crippen molar-refractivity contribution in [2.24, 2.45) is 9.98 Å². The fourth-order valence-electron chi connectivity index (χ4n) is 4.94. The highest BCUT2D eigenvalue weighted by molar-refractivity contribution is 7.89. The molecular weight excluding hydrogens is 653 g/mol. The second-order valence-corrected chi connectivity index (χ2v) is 11.0. The molecule has 0 N–H and O–H groups in total. The molecule has 0 aliphatic carbocycles. The molecule has 234 valence electrons. The molecule has 6 rings (SSSR count). The predicted molar refractivity (Wildman–Crippen MR) is 187 cm³/mol. The van der Waals surface area contributed by atoms with E-state index in [9.17, 15) is 29.8 Å². The largest absolute Gasteiger partial charge is 0.283 e. The van der Waals surface area contributed by atoms with Gasteiger partial charge in [-0.05, 0) is 23.3 Å². The van der Waals surface area contributed by atoms with E-state index in [1.165, 1.54) is 48.6 Å². The minimum Gasteiger partial charge on any atom is -0.266 e. The quantitative estimate of drug-likeness (QED) is 0.103. The van der Waals surface area contributed by atoms with Crippen LogP contribution in [-0.4, -0.2) is 53.1 Å². The minimum absolute atomic E-state index is 0.0598. The Balaban J connectivity index is 1.40. The van der Waals surface area contributed by atoms with E-state index in [1.54, 1.807) is 72.8 Å². The number of carbonyl (C=O) groups is 2. The average molecular weight is 673 g/mol. The van der Waals surface area contributed by atoms with Crippen molar-refractivity contribution in [3.8, 4) is 0 Å². The number of hydrogen-bond acceptors (Lipinski definition) is 10. The van der Waals surface area contributed by atoms with Crippen molar-refractivity contribution in [3.05, 3.63) is 163 Å².